The molecule has 1 saturated carbocycles. The van der Waals surface area contributed by atoms with Crippen LogP contribution in [-0.4, -0.2) is 11.1 Å². The molecular formula is C14H18O2. The number of carbonyl (C=O) groups is 1. The fourth-order valence-electron chi connectivity index (χ4n) is 2.22. The lowest BCUT2D eigenvalue weighted by Crippen LogP contribution is -2.09. The molecule has 1 aromatic rings. The van der Waals surface area contributed by atoms with Crippen molar-refractivity contribution in [3.63, 3.8) is 0 Å². The molecule has 0 spiro atoms. The molecule has 1 fully saturated rings. The van der Waals surface area contributed by atoms with E-state index in [9.17, 15) is 4.79 Å². The van der Waals surface area contributed by atoms with Gasteiger partial charge in [0.25, 0.3) is 0 Å². The van der Waals surface area contributed by atoms with Gasteiger partial charge in [0.05, 0.1) is 6.42 Å². The summed E-state index contributed by atoms with van der Waals surface area (Å²) in [5.41, 5.74) is 2.54. The van der Waals surface area contributed by atoms with E-state index in [-0.39, 0.29) is 12.3 Å². The first-order valence-corrected chi connectivity index (χ1v) is 5.98. The highest BCUT2D eigenvalue weighted by Gasteiger charge is 2.19. The minimum absolute atomic E-state index is 0.105. The average Bonchev–Trinajstić information content (AvgIpc) is 2.15. The molecule has 0 radical (unpaired) electrons. The predicted molar refractivity (Wildman–Crippen MR) is 63.7 cm³/mol. The molecule has 0 amide bonds. The summed E-state index contributed by atoms with van der Waals surface area (Å²) >= 11 is 0. The van der Waals surface area contributed by atoms with Gasteiger partial charge in [-0.25, -0.2) is 0 Å². The van der Waals surface area contributed by atoms with E-state index in [0.29, 0.717) is 0 Å². The molecule has 2 nitrogen and oxygen atoms in total. The molecule has 0 bridgehead atoms. The lowest BCUT2D eigenvalue weighted by molar-refractivity contribution is -0.137. The van der Waals surface area contributed by atoms with Crippen molar-refractivity contribution in [1.82, 2.24) is 0 Å². The summed E-state index contributed by atoms with van der Waals surface area (Å²) in [7, 11) is 0. The summed E-state index contributed by atoms with van der Waals surface area (Å²) in [5.74, 6) is 0.132. The molecule has 1 aromatic carbocycles. The third-order valence-corrected chi connectivity index (χ3v) is 3.56. The Kier molecular flexibility index (Phi) is 3.28. The number of aliphatic carboxylic acids is 1. The van der Waals surface area contributed by atoms with Gasteiger partial charge in [-0.3, -0.25) is 4.79 Å². The molecule has 1 aliphatic rings. The SMILES string of the molecule is CC(CC(=O)O)c1ccc(C2CCC2)cc1. The van der Waals surface area contributed by atoms with Gasteiger partial charge in [0.1, 0.15) is 0 Å². The Morgan fingerprint density at radius 2 is 2.00 bits per heavy atom. The van der Waals surface area contributed by atoms with Crippen LogP contribution >= 0.6 is 0 Å². The largest absolute Gasteiger partial charge is 0.481 e. The van der Waals surface area contributed by atoms with Crippen molar-refractivity contribution in [3.8, 4) is 0 Å². The maximum atomic E-state index is 10.6. The lowest BCUT2D eigenvalue weighted by atomic mass is 9.79. The van der Waals surface area contributed by atoms with Crippen molar-refractivity contribution in [2.45, 2.75) is 44.4 Å². The van der Waals surface area contributed by atoms with Crippen LogP contribution < -0.4 is 0 Å². The molecule has 1 aliphatic carbocycles. The Balaban J connectivity index is 2.03. The highest BCUT2D eigenvalue weighted by Crippen LogP contribution is 2.36. The maximum absolute atomic E-state index is 10.6. The number of hydrogen-bond acceptors (Lipinski definition) is 1. The van der Waals surface area contributed by atoms with Crippen molar-refractivity contribution in [2.75, 3.05) is 0 Å². The topological polar surface area (TPSA) is 37.3 Å². The van der Waals surface area contributed by atoms with Crippen LogP contribution in [-0.2, 0) is 4.79 Å². The van der Waals surface area contributed by atoms with Crippen molar-refractivity contribution in [2.24, 2.45) is 0 Å². The minimum atomic E-state index is -0.726. The Bertz CT molecular complexity index is 363. The molecule has 2 heteroatoms. The maximum Gasteiger partial charge on any atom is 0.303 e. The highest BCUT2D eigenvalue weighted by molar-refractivity contribution is 5.67. The monoisotopic (exact) mass is 218 g/mol. The van der Waals surface area contributed by atoms with Gasteiger partial charge in [0.2, 0.25) is 0 Å². The van der Waals surface area contributed by atoms with Gasteiger partial charge in [0.15, 0.2) is 0 Å². The van der Waals surface area contributed by atoms with E-state index >= 15 is 0 Å². The molecule has 16 heavy (non-hydrogen) atoms. The van der Waals surface area contributed by atoms with Gasteiger partial charge in [-0.1, -0.05) is 37.6 Å². The molecule has 0 aliphatic heterocycles. The van der Waals surface area contributed by atoms with Crippen molar-refractivity contribution < 1.29 is 9.90 Å². The second kappa shape index (κ2) is 4.69. The van der Waals surface area contributed by atoms with E-state index in [1.165, 1.54) is 24.8 Å². The molecule has 1 atom stereocenters. The van der Waals surface area contributed by atoms with Crippen molar-refractivity contribution in [1.29, 1.82) is 0 Å². The second-order valence-corrected chi connectivity index (χ2v) is 4.79. The Hall–Kier alpha value is -1.31. The molecule has 0 saturated heterocycles. The molecule has 86 valence electrons. The third kappa shape index (κ3) is 2.43. The van der Waals surface area contributed by atoms with Crippen LogP contribution in [0.15, 0.2) is 24.3 Å². The van der Waals surface area contributed by atoms with E-state index in [2.05, 4.69) is 24.3 Å². The summed E-state index contributed by atoms with van der Waals surface area (Å²) in [6.07, 6.45) is 4.18. The van der Waals surface area contributed by atoms with Crippen LogP contribution in [0, 0.1) is 0 Å². The van der Waals surface area contributed by atoms with Gasteiger partial charge in [0, 0.05) is 0 Å². The van der Waals surface area contributed by atoms with Gasteiger partial charge >= 0.3 is 5.97 Å². The summed E-state index contributed by atoms with van der Waals surface area (Å²) in [4.78, 5) is 10.6. The number of hydrogen-bond donors (Lipinski definition) is 1. The van der Waals surface area contributed by atoms with Crippen LogP contribution in [0.2, 0.25) is 0 Å². The first kappa shape index (κ1) is 11.2. The Labute approximate surface area is 96.3 Å². The summed E-state index contributed by atoms with van der Waals surface area (Å²) in [6, 6.07) is 8.50. The van der Waals surface area contributed by atoms with Gasteiger partial charge in [-0.15, -0.1) is 0 Å². The van der Waals surface area contributed by atoms with Crippen LogP contribution in [0.25, 0.3) is 0 Å². The molecule has 1 unspecified atom stereocenters. The Morgan fingerprint density at radius 1 is 1.38 bits per heavy atom. The fraction of sp³-hybridized carbons (Fsp3) is 0.500. The van der Waals surface area contributed by atoms with Gasteiger partial charge in [-0.2, -0.15) is 0 Å². The average molecular weight is 218 g/mol. The number of carboxylic acids is 1. The van der Waals surface area contributed by atoms with E-state index in [0.717, 1.165) is 11.5 Å². The van der Waals surface area contributed by atoms with Crippen molar-refractivity contribution in [3.05, 3.63) is 35.4 Å². The molecule has 1 N–H and O–H groups in total. The number of carboxylic acid groups (broad SMARTS) is 1. The van der Waals surface area contributed by atoms with Gasteiger partial charge < -0.3 is 5.11 Å². The van der Waals surface area contributed by atoms with E-state index in [4.69, 9.17) is 5.11 Å². The molecular weight excluding hydrogens is 200 g/mol. The molecule has 0 heterocycles. The smallest absolute Gasteiger partial charge is 0.303 e. The predicted octanol–water partition coefficient (Wildman–Crippen LogP) is 3.53. The van der Waals surface area contributed by atoms with E-state index < -0.39 is 5.97 Å². The lowest BCUT2D eigenvalue weighted by Gasteiger charge is -2.26. The second-order valence-electron chi connectivity index (χ2n) is 4.79. The van der Waals surface area contributed by atoms with Crippen LogP contribution in [0.1, 0.15) is 55.6 Å². The van der Waals surface area contributed by atoms with Crippen LogP contribution in [0.5, 0.6) is 0 Å². The normalized spacial score (nSPS) is 17.8. The quantitative estimate of drug-likeness (QED) is 0.839. The standard InChI is InChI=1S/C14H18O2/c1-10(9-14(15)16)11-5-7-13(8-6-11)12-3-2-4-12/h5-8,10,12H,2-4,9H2,1H3,(H,15,16). The van der Waals surface area contributed by atoms with Gasteiger partial charge in [-0.05, 0) is 35.8 Å². The number of rotatable bonds is 4. The van der Waals surface area contributed by atoms with E-state index in [1.54, 1.807) is 0 Å². The number of benzene rings is 1. The zero-order chi connectivity index (χ0) is 11.5. The van der Waals surface area contributed by atoms with Crippen LogP contribution in [0.3, 0.4) is 0 Å². The summed E-state index contributed by atoms with van der Waals surface area (Å²) in [5, 5.41) is 8.74. The zero-order valence-corrected chi connectivity index (χ0v) is 9.65. The Morgan fingerprint density at radius 3 is 2.44 bits per heavy atom. The summed E-state index contributed by atoms with van der Waals surface area (Å²) in [6.45, 7) is 1.96. The fourth-order valence-corrected chi connectivity index (χ4v) is 2.22. The van der Waals surface area contributed by atoms with Crippen LogP contribution in [0.4, 0.5) is 0 Å². The summed E-state index contributed by atoms with van der Waals surface area (Å²) < 4.78 is 0. The first-order chi connectivity index (χ1) is 7.66. The highest BCUT2D eigenvalue weighted by atomic mass is 16.4. The first-order valence-electron chi connectivity index (χ1n) is 5.98. The minimum Gasteiger partial charge on any atom is -0.481 e. The van der Waals surface area contributed by atoms with Crippen molar-refractivity contribution >= 4 is 5.97 Å². The molecule has 2 rings (SSSR count). The third-order valence-electron chi connectivity index (χ3n) is 3.56. The zero-order valence-electron chi connectivity index (χ0n) is 9.65. The van der Waals surface area contributed by atoms with E-state index in [1.807, 2.05) is 6.92 Å². The molecule has 0 aromatic heterocycles.